The van der Waals surface area contributed by atoms with Crippen LogP contribution in [0.2, 0.25) is 0 Å². The molecule has 1 fully saturated rings. The van der Waals surface area contributed by atoms with E-state index in [1.807, 2.05) is 35.4 Å². The van der Waals surface area contributed by atoms with Crippen LogP contribution in [0.3, 0.4) is 0 Å². The summed E-state index contributed by atoms with van der Waals surface area (Å²) in [6.07, 6.45) is -0.476. The first-order valence-corrected chi connectivity index (χ1v) is 12.2. The average Bonchev–Trinajstić information content (AvgIpc) is 3.11. The summed E-state index contributed by atoms with van der Waals surface area (Å²) in [6.45, 7) is 1.66. The third kappa shape index (κ3) is 4.42. The molecule has 30 heavy (non-hydrogen) atoms. The van der Waals surface area contributed by atoms with E-state index in [-0.39, 0.29) is 6.04 Å². The van der Waals surface area contributed by atoms with Gasteiger partial charge in [-0.3, -0.25) is 4.84 Å². The molecule has 2 N–H and O–H groups in total. The predicted octanol–water partition coefficient (Wildman–Crippen LogP) is 5.65. The Morgan fingerprint density at radius 3 is 2.70 bits per heavy atom. The Bertz CT molecular complexity index is 1050. The van der Waals surface area contributed by atoms with Gasteiger partial charge in [-0.15, -0.1) is 0 Å². The van der Waals surface area contributed by atoms with Crippen molar-refractivity contribution < 1.29 is 9.94 Å². The van der Waals surface area contributed by atoms with E-state index in [4.69, 9.17) is 4.84 Å². The van der Waals surface area contributed by atoms with Crippen molar-refractivity contribution in [3.8, 4) is 0 Å². The minimum atomic E-state index is -0.476. The minimum Gasteiger partial charge on any atom is -0.389 e. The molecule has 7 heteroatoms. The number of nitrogens with one attached hydrogen (secondary N) is 1. The molecule has 0 saturated carbocycles. The summed E-state index contributed by atoms with van der Waals surface area (Å²) in [7, 11) is 0. The number of anilines is 1. The van der Waals surface area contributed by atoms with E-state index in [0.29, 0.717) is 19.7 Å². The van der Waals surface area contributed by atoms with Crippen LogP contribution in [0.25, 0.3) is 0 Å². The molecular formula is C23H21BrN2O2S2. The molecule has 5 rings (SSSR count). The fourth-order valence-electron chi connectivity index (χ4n) is 3.61. The van der Waals surface area contributed by atoms with Gasteiger partial charge in [0.1, 0.15) is 0 Å². The van der Waals surface area contributed by atoms with Gasteiger partial charge in [0.15, 0.2) is 0 Å². The lowest BCUT2D eigenvalue weighted by Crippen LogP contribution is -2.32. The molecule has 2 aliphatic rings. The molecule has 0 spiro atoms. The quantitative estimate of drug-likeness (QED) is 0.368. The molecule has 3 aromatic rings. The van der Waals surface area contributed by atoms with E-state index < -0.39 is 6.10 Å². The summed E-state index contributed by atoms with van der Waals surface area (Å²) in [6, 6.07) is 22.8. The smallest absolute Gasteiger partial charge is 0.0935 e. The van der Waals surface area contributed by atoms with Gasteiger partial charge in [-0.1, -0.05) is 59.9 Å². The molecule has 2 heterocycles. The summed E-state index contributed by atoms with van der Waals surface area (Å²) in [5, 5.41) is 15.9. The van der Waals surface area contributed by atoms with Crippen LogP contribution in [0, 0.1) is 0 Å². The van der Waals surface area contributed by atoms with Gasteiger partial charge >= 0.3 is 0 Å². The number of nitrogens with zero attached hydrogens (tertiary/aromatic N) is 1. The van der Waals surface area contributed by atoms with Crippen molar-refractivity contribution in [2.75, 3.05) is 18.4 Å². The number of hydrogen-bond donors (Lipinski definition) is 2. The molecule has 1 saturated heterocycles. The highest BCUT2D eigenvalue weighted by Crippen LogP contribution is 2.51. The summed E-state index contributed by atoms with van der Waals surface area (Å²) >= 11 is 7.24. The van der Waals surface area contributed by atoms with Gasteiger partial charge in [0.05, 0.1) is 25.3 Å². The monoisotopic (exact) mass is 500 g/mol. The number of rotatable bonds is 5. The van der Waals surface area contributed by atoms with E-state index in [2.05, 4.69) is 57.6 Å². The number of aliphatic hydroxyl groups is 1. The fraction of sp³-hybridized carbons (Fsp3) is 0.217. The van der Waals surface area contributed by atoms with E-state index in [1.165, 1.54) is 19.6 Å². The molecule has 2 atom stereocenters. The number of hydrogen-bond acceptors (Lipinski definition) is 6. The molecule has 0 radical (unpaired) electrons. The Balaban J connectivity index is 1.23. The zero-order valence-electron chi connectivity index (χ0n) is 16.1. The maximum atomic E-state index is 10.5. The lowest BCUT2D eigenvalue weighted by Gasteiger charge is -2.22. The first kappa shape index (κ1) is 20.4. The van der Waals surface area contributed by atoms with E-state index in [1.54, 1.807) is 23.5 Å². The van der Waals surface area contributed by atoms with Crippen molar-refractivity contribution in [3.63, 3.8) is 0 Å². The summed E-state index contributed by atoms with van der Waals surface area (Å²) in [4.78, 5) is 10.9. The first-order valence-electron chi connectivity index (χ1n) is 9.80. The van der Waals surface area contributed by atoms with Crippen molar-refractivity contribution >= 4 is 45.1 Å². The molecule has 0 aliphatic carbocycles. The fourth-order valence-corrected chi connectivity index (χ4v) is 6.64. The van der Waals surface area contributed by atoms with Gasteiger partial charge in [-0.25, -0.2) is 0 Å². The van der Waals surface area contributed by atoms with Crippen molar-refractivity contribution in [2.45, 2.75) is 38.3 Å². The molecule has 2 aliphatic heterocycles. The normalized spacial score (nSPS) is 20.6. The van der Waals surface area contributed by atoms with Gasteiger partial charge < -0.3 is 10.4 Å². The van der Waals surface area contributed by atoms with Crippen LogP contribution in [0.15, 0.2) is 90.8 Å². The van der Waals surface area contributed by atoms with Crippen molar-refractivity contribution in [1.82, 2.24) is 5.06 Å². The summed E-state index contributed by atoms with van der Waals surface area (Å²) in [5.74, 6) is 0. The average molecular weight is 501 g/mol. The number of fused-ring (bicyclic) bond motifs is 2. The van der Waals surface area contributed by atoms with Crippen LogP contribution >= 0.6 is 39.5 Å². The van der Waals surface area contributed by atoms with Crippen LogP contribution < -0.4 is 5.32 Å². The maximum absolute atomic E-state index is 10.5. The second-order valence-corrected chi connectivity index (χ2v) is 10.3. The second-order valence-electron chi connectivity index (χ2n) is 7.36. The largest absolute Gasteiger partial charge is 0.389 e. The molecule has 3 aromatic carbocycles. The topological polar surface area (TPSA) is 44.7 Å². The Hall–Kier alpha value is -1.48. The number of halogens is 1. The van der Waals surface area contributed by atoms with Gasteiger partial charge in [0, 0.05) is 36.3 Å². The van der Waals surface area contributed by atoms with Crippen LogP contribution in [-0.4, -0.2) is 35.4 Å². The highest BCUT2D eigenvalue weighted by Gasteiger charge is 2.32. The van der Waals surface area contributed by atoms with E-state index in [0.717, 1.165) is 15.7 Å². The predicted molar refractivity (Wildman–Crippen MR) is 125 cm³/mol. The molecule has 0 aromatic heterocycles. The first-order chi connectivity index (χ1) is 14.7. The van der Waals surface area contributed by atoms with Gasteiger partial charge in [0.2, 0.25) is 0 Å². The van der Waals surface area contributed by atoms with Crippen molar-refractivity contribution in [3.05, 3.63) is 76.8 Å². The lowest BCUT2D eigenvalue weighted by atomic mass is 10.2. The minimum absolute atomic E-state index is 0.0681. The molecule has 0 bridgehead atoms. The van der Waals surface area contributed by atoms with Crippen molar-refractivity contribution in [1.29, 1.82) is 0 Å². The van der Waals surface area contributed by atoms with Gasteiger partial charge in [0.25, 0.3) is 0 Å². The van der Waals surface area contributed by atoms with Crippen LogP contribution in [0.5, 0.6) is 0 Å². The second kappa shape index (κ2) is 8.94. The Labute approximate surface area is 193 Å². The van der Waals surface area contributed by atoms with Crippen LogP contribution in [0.4, 0.5) is 5.69 Å². The van der Waals surface area contributed by atoms with Crippen LogP contribution in [0.1, 0.15) is 5.56 Å². The molecule has 0 amide bonds. The molecule has 4 nitrogen and oxygen atoms in total. The molecule has 1 unspecified atom stereocenters. The van der Waals surface area contributed by atoms with E-state index in [9.17, 15) is 5.11 Å². The third-order valence-corrected chi connectivity index (χ3v) is 8.69. The Morgan fingerprint density at radius 2 is 1.83 bits per heavy atom. The Morgan fingerprint density at radius 1 is 0.967 bits per heavy atom. The highest BCUT2D eigenvalue weighted by atomic mass is 79.9. The number of β-amino-alcohol motifs (C(OH)–C–C–N with tert-alkyl or cyclic N) is 1. The van der Waals surface area contributed by atoms with Crippen molar-refractivity contribution in [2.24, 2.45) is 0 Å². The number of aliphatic hydroxyl groups excluding tert-OH is 1. The maximum Gasteiger partial charge on any atom is 0.0935 e. The Kier molecular flexibility index (Phi) is 6.09. The van der Waals surface area contributed by atoms with Gasteiger partial charge in [-0.05, 0) is 51.8 Å². The molecule has 154 valence electrons. The van der Waals surface area contributed by atoms with E-state index >= 15 is 0 Å². The SMILES string of the molecule is O[C@@H]1CN(OCc2ccccc2)CC1Nc1ccc2c(c1)Sc1cccc(Br)c1S2. The zero-order valence-corrected chi connectivity index (χ0v) is 19.3. The number of hydroxylamine groups is 2. The van der Waals surface area contributed by atoms with Gasteiger partial charge in [-0.2, -0.15) is 5.06 Å². The lowest BCUT2D eigenvalue weighted by molar-refractivity contribution is -0.158. The third-order valence-electron chi connectivity index (χ3n) is 5.17. The summed E-state index contributed by atoms with van der Waals surface area (Å²) < 4.78 is 1.13. The van der Waals surface area contributed by atoms with Crippen LogP contribution in [-0.2, 0) is 11.4 Å². The standard InChI is InChI=1S/C23H21BrN2O2S2/c24-17-7-4-8-21-23(17)30-20-10-9-16(11-22(20)29-21)25-18-12-26(13-19(18)27)28-14-15-5-2-1-3-6-15/h1-11,18-19,25,27H,12-14H2/t18?,19-/m1/s1. The number of benzene rings is 3. The molecular weight excluding hydrogens is 480 g/mol. The highest BCUT2D eigenvalue weighted by molar-refractivity contribution is 9.10. The summed E-state index contributed by atoms with van der Waals surface area (Å²) in [5.41, 5.74) is 2.15. The zero-order chi connectivity index (χ0) is 20.5.